The molecular formula is C13H14OS. The van der Waals surface area contributed by atoms with Gasteiger partial charge >= 0.3 is 0 Å². The smallest absolute Gasteiger partial charge is 0.228 e. The fourth-order valence-corrected chi connectivity index (χ4v) is 1.62. The molecule has 0 fully saturated rings. The first-order valence-corrected chi connectivity index (χ1v) is 5.95. The van der Waals surface area contributed by atoms with Gasteiger partial charge in [-0.2, -0.15) is 0 Å². The van der Waals surface area contributed by atoms with E-state index in [0.29, 0.717) is 0 Å². The van der Waals surface area contributed by atoms with Crippen molar-refractivity contribution in [1.29, 1.82) is 0 Å². The molecule has 0 unspecified atom stereocenters. The van der Waals surface area contributed by atoms with Crippen LogP contribution in [-0.2, 0) is 4.79 Å². The quantitative estimate of drug-likeness (QED) is 0.327. The summed E-state index contributed by atoms with van der Waals surface area (Å²) >= 11 is 1.61. The minimum Gasteiger partial charge on any atom is -0.280 e. The van der Waals surface area contributed by atoms with Crippen LogP contribution in [0.15, 0.2) is 23.6 Å². The van der Waals surface area contributed by atoms with E-state index < -0.39 is 0 Å². The van der Waals surface area contributed by atoms with Crippen LogP contribution in [0.4, 0.5) is 0 Å². The highest BCUT2D eigenvalue weighted by Crippen LogP contribution is 2.09. The molecule has 0 saturated carbocycles. The first kappa shape index (κ1) is 11.7. The van der Waals surface area contributed by atoms with Gasteiger partial charge < -0.3 is 0 Å². The zero-order chi connectivity index (χ0) is 10.9. The van der Waals surface area contributed by atoms with Gasteiger partial charge in [-0.3, -0.25) is 4.79 Å². The summed E-state index contributed by atoms with van der Waals surface area (Å²) in [7, 11) is 0. The molecule has 1 nitrogen and oxygen atoms in total. The molecule has 15 heavy (non-hydrogen) atoms. The molecule has 78 valence electrons. The number of allylic oxidation sites excluding steroid dienone is 1. The second-order valence-electron chi connectivity index (χ2n) is 3.12. The molecule has 0 aliphatic rings. The van der Waals surface area contributed by atoms with Gasteiger partial charge in [-0.15, -0.1) is 11.3 Å². The molecular weight excluding hydrogens is 204 g/mol. The van der Waals surface area contributed by atoms with Gasteiger partial charge in [-0.1, -0.05) is 25.3 Å². The molecule has 0 saturated heterocycles. The van der Waals surface area contributed by atoms with Gasteiger partial charge in [0.05, 0.1) is 0 Å². The predicted octanol–water partition coefficient (Wildman–Crippen LogP) is 3.52. The molecule has 0 amide bonds. The summed E-state index contributed by atoms with van der Waals surface area (Å²) in [5.41, 5.74) is 0. The highest BCUT2D eigenvalue weighted by molar-refractivity contribution is 7.10. The Morgan fingerprint density at radius 2 is 2.47 bits per heavy atom. The molecule has 0 aromatic carbocycles. The lowest BCUT2D eigenvalue weighted by molar-refractivity contribution is -0.109. The minimum atomic E-state index is -0.112. The van der Waals surface area contributed by atoms with Crippen LogP contribution in [0.3, 0.4) is 0 Å². The van der Waals surface area contributed by atoms with Crippen molar-refractivity contribution in [2.24, 2.45) is 0 Å². The predicted molar refractivity (Wildman–Crippen MR) is 65.7 cm³/mol. The topological polar surface area (TPSA) is 17.1 Å². The Bertz CT molecular complexity index is 376. The number of hydrogen-bond acceptors (Lipinski definition) is 2. The Kier molecular flexibility index (Phi) is 5.50. The Morgan fingerprint density at radius 1 is 1.60 bits per heavy atom. The first-order chi connectivity index (χ1) is 7.33. The Hall–Kier alpha value is -1.33. The largest absolute Gasteiger partial charge is 0.280 e. The molecule has 2 heteroatoms. The number of carbonyl (C=O) groups is 1. The van der Waals surface area contributed by atoms with Crippen LogP contribution < -0.4 is 0 Å². The molecule has 0 bridgehead atoms. The van der Waals surface area contributed by atoms with E-state index in [9.17, 15) is 4.79 Å². The standard InChI is InChI=1S/C13H14OS/c1-2-3-4-5-7-12(14)9-10-13-8-6-11-15-13/h6,8-11H,2-4H2,1H3. The molecule has 1 heterocycles. The van der Waals surface area contributed by atoms with Crippen molar-refractivity contribution in [2.75, 3.05) is 0 Å². The average molecular weight is 218 g/mol. The molecule has 0 N–H and O–H groups in total. The van der Waals surface area contributed by atoms with Gasteiger partial charge in [0.25, 0.3) is 0 Å². The van der Waals surface area contributed by atoms with Crippen molar-refractivity contribution in [2.45, 2.75) is 26.2 Å². The summed E-state index contributed by atoms with van der Waals surface area (Å²) in [6.07, 6.45) is 6.34. The molecule has 0 aliphatic carbocycles. The summed E-state index contributed by atoms with van der Waals surface area (Å²) in [4.78, 5) is 12.3. The Labute approximate surface area is 94.8 Å². The third kappa shape index (κ3) is 5.19. The summed E-state index contributed by atoms with van der Waals surface area (Å²) < 4.78 is 0. The van der Waals surface area contributed by atoms with Crippen molar-refractivity contribution in [3.05, 3.63) is 28.5 Å². The number of ketones is 1. The maximum atomic E-state index is 11.2. The van der Waals surface area contributed by atoms with Crippen LogP contribution in [-0.4, -0.2) is 5.78 Å². The third-order valence-corrected chi connectivity index (χ3v) is 2.65. The second-order valence-corrected chi connectivity index (χ2v) is 4.10. The molecule has 0 atom stereocenters. The van der Waals surface area contributed by atoms with E-state index in [-0.39, 0.29) is 5.78 Å². The van der Waals surface area contributed by atoms with Crippen LogP contribution in [0.1, 0.15) is 31.1 Å². The number of hydrogen-bond donors (Lipinski definition) is 0. The number of unbranched alkanes of at least 4 members (excludes halogenated alkanes) is 2. The average Bonchev–Trinajstić information content (AvgIpc) is 2.74. The van der Waals surface area contributed by atoms with Crippen LogP contribution in [0, 0.1) is 11.8 Å². The van der Waals surface area contributed by atoms with E-state index in [1.54, 1.807) is 11.3 Å². The lowest BCUT2D eigenvalue weighted by Gasteiger charge is -1.83. The highest BCUT2D eigenvalue weighted by atomic mass is 32.1. The number of carbonyl (C=O) groups excluding carboxylic acids is 1. The molecule has 1 aromatic rings. The Balaban J connectivity index is 2.38. The molecule has 1 rings (SSSR count). The maximum absolute atomic E-state index is 11.2. The highest BCUT2D eigenvalue weighted by Gasteiger charge is 1.89. The molecule has 0 spiro atoms. The second kappa shape index (κ2) is 7.03. The normalized spacial score (nSPS) is 9.93. The van der Waals surface area contributed by atoms with Crippen molar-refractivity contribution in [3.63, 3.8) is 0 Å². The van der Waals surface area contributed by atoms with Gasteiger partial charge in [0.15, 0.2) is 0 Å². The maximum Gasteiger partial charge on any atom is 0.228 e. The van der Waals surface area contributed by atoms with Crippen LogP contribution in [0.5, 0.6) is 0 Å². The summed E-state index contributed by atoms with van der Waals surface area (Å²) in [5.74, 6) is 5.37. The molecule has 1 aromatic heterocycles. The Morgan fingerprint density at radius 3 is 3.13 bits per heavy atom. The molecule has 0 radical (unpaired) electrons. The summed E-state index contributed by atoms with van der Waals surface area (Å²) in [6, 6.07) is 3.93. The van der Waals surface area contributed by atoms with Gasteiger partial charge in [-0.25, -0.2) is 0 Å². The van der Waals surface area contributed by atoms with E-state index in [1.807, 2.05) is 23.6 Å². The third-order valence-electron chi connectivity index (χ3n) is 1.81. The van der Waals surface area contributed by atoms with E-state index in [4.69, 9.17) is 0 Å². The monoisotopic (exact) mass is 218 g/mol. The van der Waals surface area contributed by atoms with Crippen molar-refractivity contribution in [3.8, 4) is 11.8 Å². The zero-order valence-electron chi connectivity index (χ0n) is 8.82. The number of thiophene rings is 1. The van der Waals surface area contributed by atoms with E-state index in [1.165, 1.54) is 6.08 Å². The van der Waals surface area contributed by atoms with Gasteiger partial charge in [0.2, 0.25) is 5.78 Å². The van der Waals surface area contributed by atoms with Gasteiger partial charge in [0.1, 0.15) is 0 Å². The summed E-state index contributed by atoms with van der Waals surface area (Å²) in [6.45, 7) is 2.11. The van der Waals surface area contributed by atoms with Gasteiger partial charge in [-0.05, 0) is 35.9 Å². The molecule has 0 aliphatic heterocycles. The number of rotatable bonds is 4. The fourth-order valence-electron chi connectivity index (χ4n) is 1.00. The fraction of sp³-hybridized carbons (Fsp3) is 0.308. The first-order valence-electron chi connectivity index (χ1n) is 5.07. The van der Waals surface area contributed by atoms with E-state index in [0.717, 1.165) is 24.1 Å². The lowest BCUT2D eigenvalue weighted by atomic mass is 10.2. The van der Waals surface area contributed by atoms with Crippen molar-refractivity contribution >= 4 is 23.2 Å². The SMILES string of the molecule is CCCCC#CC(=O)C=Cc1cccs1. The van der Waals surface area contributed by atoms with Crippen molar-refractivity contribution in [1.82, 2.24) is 0 Å². The zero-order valence-corrected chi connectivity index (χ0v) is 9.64. The van der Waals surface area contributed by atoms with Crippen LogP contribution >= 0.6 is 11.3 Å². The lowest BCUT2D eigenvalue weighted by Crippen LogP contribution is -1.84. The van der Waals surface area contributed by atoms with E-state index >= 15 is 0 Å². The van der Waals surface area contributed by atoms with Crippen LogP contribution in [0.2, 0.25) is 0 Å². The van der Waals surface area contributed by atoms with E-state index in [2.05, 4.69) is 18.8 Å². The minimum absolute atomic E-state index is 0.112. The van der Waals surface area contributed by atoms with Crippen molar-refractivity contribution < 1.29 is 4.79 Å². The van der Waals surface area contributed by atoms with Crippen LogP contribution in [0.25, 0.3) is 6.08 Å². The van der Waals surface area contributed by atoms with Gasteiger partial charge in [0, 0.05) is 11.3 Å². The summed E-state index contributed by atoms with van der Waals surface area (Å²) in [5, 5.41) is 1.98.